The van der Waals surface area contributed by atoms with Crippen molar-refractivity contribution in [1.82, 2.24) is 0 Å². The van der Waals surface area contributed by atoms with Gasteiger partial charge in [0.15, 0.2) is 19.8 Å². The third-order valence-corrected chi connectivity index (χ3v) is 5.38. The molecule has 1 aromatic rings. The summed E-state index contributed by atoms with van der Waals surface area (Å²) in [5, 5.41) is 0. The minimum absolute atomic E-state index is 0.327. The van der Waals surface area contributed by atoms with Gasteiger partial charge >= 0.3 is 0 Å². The van der Waals surface area contributed by atoms with Gasteiger partial charge in [0.1, 0.15) is 5.75 Å². The molecule has 0 aromatic heterocycles. The molecule has 0 aliphatic carbocycles. The predicted octanol–water partition coefficient (Wildman–Crippen LogP) is 1.64. The smallest absolute Gasteiger partial charge is 0.191 e. The van der Waals surface area contributed by atoms with Crippen LogP contribution < -0.4 is 4.74 Å². The quantitative estimate of drug-likeness (QED) is 0.627. The van der Waals surface area contributed by atoms with Gasteiger partial charge in [0.2, 0.25) is 0 Å². The van der Waals surface area contributed by atoms with Crippen LogP contribution in [0.4, 0.5) is 0 Å². The molecule has 6 heteroatoms. The number of ether oxygens (including phenoxy) is 1. The summed E-state index contributed by atoms with van der Waals surface area (Å²) in [6.45, 7) is 0. The van der Waals surface area contributed by atoms with Crippen LogP contribution in [-0.4, -0.2) is 31.7 Å². The number of Topliss-reactive ketones (excluding diaryl/α,β-unsaturated/α-hetero) is 1. The first-order valence-electron chi connectivity index (χ1n) is 4.37. The largest absolute Gasteiger partial charge is 0.497 e. The SMILES string of the molecule is COc1ccc(C(=O)C(Br)S(C)(=O)=O)cc1. The van der Waals surface area contributed by atoms with E-state index >= 15 is 0 Å². The van der Waals surface area contributed by atoms with Crippen LogP contribution in [0.5, 0.6) is 5.75 Å². The molecule has 0 bridgehead atoms. The Morgan fingerprint density at radius 1 is 1.31 bits per heavy atom. The zero-order valence-electron chi connectivity index (χ0n) is 8.81. The number of sulfone groups is 1. The fourth-order valence-electron chi connectivity index (χ4n) is 1.08. The Morgan fingerprint density at radius 3 is 2.19 bits per heavy atom. The van der Waals surface area contributed by atoms with Crippen LogP contribution in [0.15, 0.2) is 24.3 Å². The molecule has 0 fully saturated rings. The molecule has 1 unspecified atom stereocenters. The van der Waals surface area contributed by atoms with Crippen molar-refractivity contribution in [3.05, 3.63) is 29.8 Å². The molecule has 0 amide bonds. The van der Waals surface area contributed by atoms with Crippen LogP contribution in [0, 0.1) is 0 Å². The van der Waals surface area contributed by atoms with Crippen molar-refractivity contribution in [3.8, 4) is 5.75 Å². The summed E-state index contributed by atoms with van der Waals surface area (Å²) in [5.74, 6) is 0.132. The molecule has 1 aromatic carbocycles. The predicted molar refractivity (Wildman–Crippen MR) is 64.9 cm³/mol. The molecule has 0 spiro atoms. The van der Waals surface area contributed by atoms with Crippen molar-refractivity contribution in [3.63, 3.8) is 0 Å². The fraction of sp³-hybridized carbons (Fsp3) is 0.300. The number of alkyl halides is 1. The lowest BCUT2D eigenvalue weighted by atomic mass is 10.1. The van der Waals surface area contributed by atoms with E-state index in [0.717, 1.165) is 6.26 Å². The lowest BCUT2D eigenvalue weighted by Gasteiger charge is -2.07. The third-order valence-electron chi connectivity index (χ3n) is 1.96. The molecule has 0 N–H and O–H groups in total. The van der Waals surface area contributed by atoms with Crippen molar-refractivity contribution < 1.29 is 17.9 Å². The number of carbonyl (C=O) groups is 1. The second-order valence-electron chi connectivity index (χ2n) is 3.24. The summed E-state index contributed by atoms with van der Waals surface area (Å²) in [7, 11) is -1.92. The van der Waals surface area contributed by atoms with E-state index in [2.05, 4.69) is 15.9 Å². The Morgan fingerprint density at radius 2 is 1.81 bits per heavy atom. The summed E-state index contributed by atoms with van der Waals surface area (Å²) in [6.07, 6.45) is 1.01. The van der Waals surface area contributed by atoms with Crippen LogP contribution in [-0.2, 0) is 9.84 Å². The van der Waals surface area contributed by atoms with Crippen molar-refractivity contribution in [2.24, 2.45) is 0 Å². The van der Waals surface area contributed by atoms with Gasteiger partial charge in [-0.05, 0) is 24.3 Å². The van der Waals surface area contributed by atoms with E-state index in [1.54, 1.807) is 12.1 Å². The Hall–Kier alpha value is -0.880. The zero-order valence-corrected chi connectivity index (χ0v) is 11.2. The molecule has 0 heterocycles. The summed E-state index contributed by atoms with van der Waals surface area (Å²) in [5.41, 5.74) is 0.327. The normalized spacial score (nSPS) is 13.2. The van der Waals surface area contributed by atoms with Gasteiger partial charge in [0.25, 0.3) is 0 Å². The van der Waals surface area contributed by atoms with E-state index in [0.29, 0.717) is 11.3 Å². The van der Waals surface area contributed by atoms with Gasteiger partial charge in [-0.3, -0.25) is 4.79 Å². The zero-order chi connectivity index (χ0) is 12.3. The first-order valence-corrected chi connectivity index (χ1v) is 7.24. The molecule has 88 valence electrons. The number of benzene rings is 1. The van der Waals surface area contributed by atoms with E-state index < -0.39 is 19.8 Å². The summed E-state index contributed by atoms with van der Waals surface area (Å²) >= 11 is 2.87. The van der Waals surface area contributed by atoms with Crippen LogP contribution in [0.25, 0.3) is 0 Å². The first-order chi connectivity index (χ1) is 7.36. The minimum atomic E-state index is -3.43. The number of methoxy groups -OCH3 is 1. The lowest BCUT2D eigenvalue weighted by Crippen LogP contribution is -2.23. The second-order valence-corrected chi connectivity index (χ2v) is 6.89. The average molecular weight is 307 g/mol. The van der Waals surface area contributed by atoms with Crippen LogP contribution in [0.1, 0.15) is 10.4 Å². The summed E-state index contributed by atoms with van der Waals surface area (Å²) in [4.78, 5) is 11.7. The van der Waals surface area contributed by atoms with E-state index in [4.69, 9.17) is 4.74 Å². The van der Waals surface area contributed by atoms with E-state index in [9.17, 15) is 13.2 Å². The molecule has 0 aliphatic heterocycles. The van der Waals surface area contributed by atoms with Crippen LogP contribution >= 0.6 is 15.9 Å². The maximum atomic E-state index is 11.7. The molecule has 0 aliphatic rings. The molecule has 0 saturated heterocycles. The Bertz CT molecular complexity index is 478. The number of rotatable bonds is 4. The van der Waals surface area contributed by atoms with Crippen molar-refractivity contribution in [1.29, 1.82) is 0 Å². The third kappa shape index (κ3) is 3.05. The maximum Gasteiger partial charge on any atom is 0.191 e. The van der Waals surface area contributed by atoms with Gasteiger partial charge in [-0.1, -0.05) is 15.9 Å². The molecule has 0 radical (unpaired) electrons. The average Bonchev–Trinajstić information content (AvgIpc) is 2.26. The van der Waals surface area contributed by atoms with Gasteiger partial charge in [-0.15, -0.1) is 0 Å². The number of halogens is 1. The van der Waals surface area contributed by atoms with Gasteiger partial charge in [-0.2, -0.15) is 0 Å². The molecule has 1 rings (SSSR count). The van der Waals surface area contributed by atoms with E-state index in [-0.39, 0.29) is 0 Å². The summed E-state index contributed by atoms with van der Waals surface area (Å²) in [6, 6.07) is 6.27. The summed E-state index contributed by atoms with van der Waals surface area (Å²) < 4.78 is 26.1. The fourth-order valence-corrected chi connectivity index (χ4v) is 1.87. The molecule has 0 saturated carbocycles. The Kier molecular flexibility index (Phi) is 4.09. The number of hydrogen-bond donors (Lipinski definition) is 0. The lowest BCUT2D eigenvalue weighted by molar-refractivity contribution is 0.101. The van der Waals surface area contributed by atoms with Crippen LogP contribution in [0.3, 0.4) is 0 Å². The van der Waals surface area contributed by atoms with Crippen molar-refractivity contribution in [2.75, 3.05) is 13.4 Å². The number of carbonyl (C=O) groups excluding carboxylic acids is 1. The number of hydrogen-bond acceptors (Lipinski definition) is 4. The van der Waals surface area contributed by atoms with Gasteiger partial charge in [0.05, 0.1) is 7.11 Å². The topological polar surface area (TPSA) is 60.4 Å². The van der Waals surface area contributed by atoms with E-state index in [1.807, 2.05) is 0 Å². The van der Waals surface area contributed by atoms with Gasteiger partial charge in [-0.25, -0.2) is 8.42 Å². The molecule has 4 nitrogen and oxygen atoms in total. The highest BCUT2D eigenvalue weighted by Crippen LogP contribution is 2.18. The highest BCUT2D eigenvalue weighted by atomic mass is 79.9. The second kappa shape index (κ2) is 4.97. The molecule has 1 atom stereocenters. The van der Waals surface area contributed by atoms with Gasteiger partial charge in [0, 0.05) is 11.8 Å². The standard InChI is InChI=1S/C10H11BrO4S/c1-15-8-5-3-7(4-6-8)9(12)10(11)16(2,13)14/h3-6,10H,1-2H3. The van der Waals surface area contributed by atoms with Crippen molar-refractivity contribution >= 4 is 31.6 Å². The molecular formula is C10H11BrO4S. The van der Waals surface area contributed by atoms with Crippen LogP contribution in [0.2, 0.25) is 0 Å². The van der Waals surface area contributed by atoms with E-state index in [1.165, 1.54) is 19.2 Å². The van der Waals surface area contributed by atoms with Gasteiger partial charge < -0.3 is 4.74 Å². The molecular weight excluding hydrogens is 296 g/mol. The Balaban J connectivity index is 2.97. The monoisotopic (exact) mass is 306 g/mol. The maximum absolute atomic E-state index is 11.7. The Labute approximate surface area is 103 Å². The first kappa shape index (κ1) is 13.2. The number of ketones is 1. The molecule has 16 heavy (non-hydrogen) atoms. The minimum Gasteiger partial charge on any atom is -0.497 e. The van der Waals surface area contributed by atoms with Crippen molar-refractivity contribution in [2.45, 2.75) is 4.16 Å². The highest BCUT2D eigenvalue weighted by molar-refractivity contribution is 9.11. The highest BCUT2D eigenvalue weighted by Gasteiger charge is 2.26.